The maximum absolute atomic E-state index is 5.99. The number of nitrogens with zero attached hydrogens (tertiary/aromatic N) is 1. The number of alkyl halides is 1. The van der Waals surface area contributed by atoms with Crippen molar-refractivity contribution in [2.75, 3.05) is 25.6 Å². The Balaban J connectivity index is 2.54. The number of nitrogens with one attached hydrogen (secondary N) is 1. The maximum Gasteiger partial charge on any atom is 0.140 e. The molecule has 0 aromatic carbocycles. The van der Waals surface area contributed by atoms with Gasteiger partial charge in [-0.3, -0.25) is 0 Å². The van der Waals surface area contributed by atoms with Crippen LogP contribution in [0.4, 0.5) is 5.82 Å². The first-order valence-corrected chi connectivity index (χ1v) is 5.86. The molecule has 3 nitrogen and oxygen atoms in total. The fourth-order valence-electron chi connectivity index (χ4n) is 1.11. The van der Waals surface area contributed by atoms with E-state index < -0.39 is 0 Å². The van der Waals surface area contributed by atoms with Gasteiger partial charge in [-0.25, -0.2) is 4.98 Å². The van der Waals surface area contributed by atoms with E-state index in [4.69, 9.17) is 16.3 Å². The van der Waals surface area contributed by atoms with Crippen LogP contribution < -0.4 is 5.32 Å². The molecular weight excluding hydrogens is 279 g/mol. The highest BCUT2D eigenvalue weighted by Crippen LogP contribution is 2.23. The summed E-state index contributed by atoms with van der Waals surface area (Å²) in [5, 5.41) is 3.12. The number of rotatable bonds is 5. The molecule has 0 spiro atoms. The van der Waals surface area contributed by atoms with Gasteiger partial charge in [-0.1, -0.05) is 0 Å². The Kier molecular flexibility index (Phi) is 5.36. The van der Waals surface area contributed by atoms with Crippen molar-refractivity contribution >= 4 is 33.3 Å². The lowest BCUT2D eigenvalue weighted by molar-refractivity contribution is 0.200. The van der Waals surface area contributed by atoms with Gasteiger partial charge in [-0.2, -0.15) is 0 Å². The number of hydrogen-bond acceptors (Lipinski definition) is 3. The number of methoxy groups -OCH3 is 1. The lowest BCUT2D eigenvalue weighted by Crippen LogP contribution is -2.19. The topological polar surface area (TPSA) is 34.1 Å². The lowest BCUT2D eigenvalue weighted by Gasteiger charge is -2.12. The van der Waals surface area contributed by atoms with Crippen LogP contribution in [0.2, 0.25) is 0 Å². The first-order chi connectivity index (χ1) is 7.15. The van der Waals surface area contributed by atoms with Gasteiger partial charge in [0.25, 0.3) is 0 Å². The number of aryl methyl sites for hydroxylation is 1. The van der Waals surface area contributed by atoms with E-state index in [9.17, 15) is 0 Å². The Morgan fingerprint density at radius 2 is 2.40 bits per heavy atom. The first-order valence-electron chi connectivity index (χ1n) is 4.63. The summed E-state index contributed by atoms with van der Waals surface area (Å²) in [6.07, 6.45) is 1.77. The van der Waals surface area contributed by atoms with Gasteiger partial charge in [0.15, 0.2) is 0 Å². The molecule has 5 heteroatoms. The monoisotopic (exact) mass is 292 g/mol. The minimum absolute atomic E-state index is 0.0517. The molecule has 0 radical (unpaired) electrons. The van der Waals surface area contributed by atoms with E-state index >= 15 is 0 Å². The van der Waals surface area contributed by atoms with Crippen LogP contribution in [0, 0.1) is 6.92 Å². The summed E-state index contributed by atoms with van der Waals surface area (Å²) in [7, 11) is 1.64. The maximum atomic E-state index is 5.99. The number of ether oxygens (including phenoxy) is 1. The van der Waals surface area contributed by atoms with Gasteiger partial charge >= 0.3 is 0 Å². The molecule has 15 heavy (non-hydrogen) atoms. The molecule has 1 unspecified atom stereocenters. The average Bonchev–Trinajstić information content (AvgIpc) is 2.21. The predicted octanol–water partition coefficient (Wildman–Crippen LogP) is 2.82. The van der Waals surface area contributed by atoms with Crippen molar-refractivity contribution in [3.05, 3.63) is 22.3 Å². The van der Waals surface area contributed by atoms with Gasteiger partial charge in [0.1, 0.15) is 5.82 Å². The Morgan fingerprint density at radius 3 is 3.07 bits per heavy atom. The Hall–Kier alpha value is -0.320. The number of hydrogen-bond donors (Lipinski definition) is 1. The molecule has 0 fully saturated rings. The predicted molar refractivity (Wildman–Crippen MR) is 66.7 cm³/mol. The van der Waals surface area contributed by atoms with Gasteiger partial charge in [0, 0.05) is 19.9 Å². The van der Waals surface area contributed by atoms with Gasteiger partial charge in [-0.05, 0) is 34.5 Å². The van der Waals surface area contributed by atoms with Crippen LogP contribution in [-0.4, -0.2) is 30.6 Å². The van der Waals surface area contributed by atoms with E-state index in [-0.39, 0.29) is 5.38 Å². The first kappa shape index (κ1) is 12.7. The van der Waals surface area contributed by atoms with Crippen molar-refractivity contribution in [1.82, 2.24) is 4.98 Å². The normalized spacial score (nSPS) is 12.5. The number of aromatic nitrogens is 1. The molecule has 1 aromatic heterocycles. The van der Waals surface area contributed by atoms with Crippen molar-refractivity contribution in [2.24, 2.45) is 0 Å². The third-order valence-electron chi connectivity index (χ3n) is 1.92. The molecule has 0 saturated carbocycles. The van der Waals surface area contributed by atoms with Crippen LogP contribution in [0.25, 0.3) is 0 Å². The highest BCUT2D eigenvalue weighted by atomic mass is 79.9. The van der Waals surface area contributed by atoms with Crippen LogP contribution in [0.3, 0.4) is 0 Å². The Labute approximate surface area is 103 Å². The molecule has 1 heterocycles. The van der Waals surface area contributed by atoms with Gasteiger partial charge < -0.3 is 10.1 Å². The third kappa shape index (κ3) is 3.97. The van der Waals surface area contributed by atoms with Crippen molar-refractivity contribution in [3.63, 3.8) is 0 Å². The summed E-state index contributed by atoms with van der Waals surface area (Å²) < 4.78 is 5.92. The zero-order chi connectivity index (χ0) is 11.3. The van der Waals surface area contributed by atoms with Crippen LogP contribution >= 0.6 is 27.5 Å². The smallest absolute Gasteiger partial charge is 0.140 e. The van der Waals surface area contributed by atoms with E-state index in [1.165, 1.54) is 0 Å². The lowest BCUT2D eigenvalue weighted by atomic mass is 10.3. The highest BCUT2D eigenvalue weighted by molar-refractivity contribution is 9.10. The fourth-order valence-corrected chi connectivity index (χ4v) is 1.69. The molecule has 1 aromatic rings. The molecule has 0 aliphatic carbocycles. The van der Waals surface area contributed by atoms with Crippen molar-refractivity contribution < 1.29 is 4.74 Å². The minimum atomic E-state index is -0.0517. The SMILES string of the molecule is COCC(Cl)CNc1nccc(C)c1Br. The van der Waals surface area contributed by atoms with Crippen LogP contribution in [0.15, 0.2) is 16.7 Å². The van der Waals surface area contributed by atoms with E-state index in [0.717, 1.165) is 15.9 Å². The molecule has 0 bridgehead atoms. The quantitative estimate of drug-likeness (QED) is 0.848. The second-order valence-electron chi connectivity index (χ2n) is 3.22. The average molecular weight is 294 g/mol. The molecule has 0 saturated heterocycles. The summed E-state index contributed by atoms with van der Waals surface area (Å²) in [4.78, 5) is 4.21. The summed E-state index contributed by atoms with van der Waals surface area (Å²) in [6, 6.07) is 1.95. The molecular formula is C10H14BrClN2O. The van der Waals surface area contributed by atoms with Crippen molar-refractivity contribution in [1.29, 1.82) is 0 Å². The molecule has 84 valence electrons. The second-order valence-corrected chi connectivity index (χ2v) is 4.63. The minimum Gasteiger partial charge on any atom is -0.383 e. The molecule has 1 rings (SSSR count). The molecule has 0 aliphatic rings. The summed E-state index contributed by atoms with van der Waals surface area (Å²) in [6.45, 7) is 3.17. The third-order valence-corrected chi connectivity index (χ3v) is 3.20. The van der Waals surface area contributed by atoms with E-state index in [1.807, 2.05) is 13.0 Å². The fraction of sp³-hybridized carbons (Fsp3) is 0.500. The van der Waals surface area contributed by atoms with Crippen molar-refractivity contribution in [2.45, 2.75) is 12.3 Å². The largest absolute Gasteiger partial charge is 0.383 e. The second kappa shape index (κ2) is 6.30. The van der Waals surface area contributed by atoms with E-state index in [2.05, 4.69) is 26.2 Å². The molecule has 0 aliphatic heterocycles. The summed E-state index contributed by atoms with van der Waals surface area (Å²) in [5.41, 5.74) is 1.14. The zero-order valence-electron chi connectivity index (χ0n) is 8.76. The van der Waals surface area contributed by atoms with Gasteiger partial charge in [0.2, 0.25) is 0 Å². The highest BCUT2D eigenvalue weighted by Gasteiger charge is 2.07. The molecule has 1 N–H and O–H groups in total. The van der Waals surface area contributed by atoms with E-state index in [1.54, 1.807) is 13.3 Å². The number of halogens is 2. The Bertz CT molecular complexity index is 322. The number of pyridine rings is 1. The van der Waals surface area contributed by atoms with Crippen LogP contribution in [0.1, 0.15) is 5.56 Å². The number of anilines is 1. The van der Waals surface area contributed by atoms with Gasteiger partial charge in [0.05, 0.1) is 16.5 Å². The standard InChI is InChI=1S/C10H14BrClN2O/c1-7-3-4-13-10(9(7)11)14-5-8(12)6-15-2/h3-4,8H,5-6H2,1-2H3,(H,13,14). The molecule has 1 atom stereocenters. The van der Waals surface area contributed by atoms with E-state index in [0.29, 0.717) is 13.2 Å². The van der Waals surface area contributed by atoms with Gasteiger partial charge in [-0.15, -0.1) is 11.6 Å². The zero-order valence-corrected chi connectivity index (χ0v) is 11.1. The summed E-state index contributed by atoms with van der Waals surface area (Å²) in [5.74, 6) is 0.816. The van der Waals surface area contributed by atoms with Crippen LogP contribution in [-0.2, 0) is 4.74 Å². The molecule has 0 amide bonds. The summed E-state index contributed by atoms with van der Waals surface area (Å²) >= 11 is 9.46. The van der Waals surface area contributed by atoms with Crippen molar-refractivity contribution in [3.8, 4) is 0 Å². The van der Waals surface area contributed by atoms with Crippen LogP contribution in [0.5, 0.6) is 0 Å². The Morgan fingerprint density at radius 1 is 1.67 bits per heavy atom.